The van der Waals surface area contributed by atoms with E-state index in [0.717, 1.165) is 5.56 Å². The molecule has 32 heavy (non-hydrogen) atoms. The molecule has 0 heterocycles. The van der Waals surface area contributed by atoms with E-state index in [2.05, 4.69) is 10.0 Å². The Bertz CT molecular complexity index is 1200. The number of hydrogen-bond acceptors (Lipinski definition) is 6. The molecule has 3 aromatic carbocycles. The van der Waals surface area contributed by atoms with Crippen LogP contribution in [-0.2, 0) is 10.0 Å². The second kappa shape index (κ2) is 9.61. The number of carbonyl (C=O) groups is 1. The molecule has 0 aromatic heterocycles. The number of nitrogens with one attached hydrogen (secondary N) is 2. The number of hydrogen-bond donors (Lipinski definition) is 2. The van der Waals surface area contributed by atoms with Crippen LogP contribution in [0.5, 0.6) is 17.2 Å². The van der Waals surface area contributed by atoms with Gasteiger partial charge in [-0.15, -0.1) is 0 Å². The summed E-state index contributed by atoms with van der Waals surface area (Å²) in [6.45, 7) is 1.87. The molecule has 0 aliphatic rings. The maximum atomic E-state index is 12.8. The molecule has 9 heteroatoms. The first kappa shape index (κ1) is 23.0. The van der Waals surface area contributed by atoms with Crippen LogP contribution in [0.3, 0.4) is 0 Å². The highest BCUT2D eigenvalue weighted by atomic mass is 32.2. The van der Waals surface area contributed by atoms with Crippen LogP contribution in [0.25, 0.3) is 0 Å². The van der Waals surface area contributed by atoms with E-state index in [1.165, 1.54) is 39.5 Å². The summed E-state index contributed by atoms with van der Waals surface area (Å²) in [7, 11) is 0.659. The molecule has 0 atom stereocenters. The molecular formula is C23H24N2O6S. The van der Waals surface area contributed by atoms with Gasteiger partial charge in [-0.05, 0) is 37.3 Å². The standard InChI is InChI=1S/C23H24N2O6S/c1-15-8-10-19(11-9-15)32(27,28)25-17-7-5-6-16(12-17)23(26)24-18-13-20(29-2)22(31-4)21(14-18)30-3/h5-14,25H,1-4H3,(H,24,26). The van der Waals surface area contributed by atoms with Crippen molar-refractivity contribution < 1.29 is 27.4 Å². The average Bonchev–Trinajstić information content (AvgIpc) is 2.78. The number of amides is 1. The van der Waals surface area contributed by atoms with Crippen molar-refractivity contribution in [1.82, 2.24) is 0 Å². The first-order chi connectivity index (χ1) is 15.3. The Kier molecular flexibility index (Phi) is 6.89. The number of carbonyl (C=O) groups excluding carboxylic acids is 1. The lowest BCUT2D eigenvalue weighted by Crippen LogP contribution is -2.15. The minimum Gasteiger partial charge on any atom is -0.493 e. The van der Waals surface area contributed by atoms with Crippen LogP contribution in [0.4, 0.5) is 11.4 Å². The van der Waals surface area contributed by atoms with E-state index in [0.29, 0.717) is 22.9 Å². The maximum absolute atomic E-state index is 12.8. The van der Waals surface area contributed by atoms with Gasteiger partial charge in [-0.2, -0.15) is 0 Å². The fraction of sp³-hybridized carbons (Fsp3) is 0.174. The molecule has 0 unspecified atom stereocenters. The van der Waals surface area contributed by atoms with Gasteiger partial charge in [0, 0.05) is 29.1 Å². The SMILES string of the molecule is COc1cc(NC(=O)c2cccc(NS(=O)(=O)c3ccc(C)cc3)c2)cc(OC)c1OC. The predicted molar refractivity (Wildman–Crippen MR) is 122 cm³/mol. The zero-order chi connectivity index (χ0) is 23.3. The lowest BCUT2D eigenvalue weighted by molar-refractivity contribution is 0.102. The predicted octanol–water partition coefficient (Wildman–Crippen LogP) is 4.07. The van der Waals surface area contributed by atoms with Crippen LogP contribution < -0.4 is 24.2 Å². The van der Waals surface area contributed by atoms with Gasteiger partial charge in [0.2, 0.25) is 5.75 Å². The Morgan fingerprint density at radius 3 is 2.00 bits per heavy atom. The molecular weight excluding hydrogens is 432 g/mol. The highest BCUT2D eigenvalue weighted by molar-refractivity contribution is 7.92. The van der Waals surface area contributed by atoms with E-state index in [1.54, 1.807) is 42.5 Å². The van der Waals surface area contributed by atoms with Gasteiger partial charge < -0.3 is 19.5 Å². The molecule has 0 aliphatic heterocycles. The number of methoxy groups -OCH3 is 3. The Morgan fingerprint density at radius 1 is 0.812 bits per heavy atom. The second-order valence-electron chi connectivity index (χ2n) is 6.87. The van der Waals surface area contributed by atoms with Gasteiger partial charge in [0.25, 0.3) is 15.9 Å². The van der Waals surface area contributed by atoms with Gasteiger partial charge in [-0.25, -0.2) is 8.42 Å². The molecule has 2 N–H and O–H groups in total. The molecule has 0 radical (unpaired) electrons. The van der Waals surface area contributed by atoms with Crippen molar-refractivity contribution in [3.8, 4) is 17.2 Å². The monoisotopic (exact) mass is 456 g/mol. The molecule has 0 fully saturated rings. The summed E-state index contributed by atoms with van der Waals surface area (Å²) in [5, 5.41) is 2.76. The molecule has 0 saturated heterocycles. The van der Waals surface area contributed by atoms with Crippen molar-refractivity contribution in [2.45, 2.75) is 11.8 Å². The van der Waals surface area contributed by atoms with Crippen molar-refractivity contribution in [2.24, 2.45) is 0 Å². The number of anilines is 2. The molecule has 3 aromatic rings. The smallest absolute Gasteiger partial charge is 0.261 e. The lowest BCUT2D eigenvalue weighted by atomic mass is 10.2. The van der Waals surface area contributed by atoms with Gasteiger partial charge in [-0.1, -0.05) is 23.8 Å². The molecule has 3 rings (SSSR count). The first-order valence-corrected chi connectivity index (χ1v) is 11.1. The molecule has 168 valence electrons. The number of rotatable bonds is 8. The van der Waals surface area contributed by atoms with Crippen molar-refractivity contribution in [3.05, 3.63) is 71.8 Å². The zero-order valence-electron chi connectivity index (χ0n) is 18.1. The second-order valence-corrected chi connectivity index (χ2v) is 8.55. The van der Waals surface area contributed by atoms with Crippen molar-refractivity contribution in [3.63, 3.8) is 0 Å². The van der Waals surface area contributed by atoms with Crippen LogP contribution >= 0.6 is 0 Å². The molecule has 1 amide bonds. The van der Waals surface area contributed by atoms with E-state index in [-0.39, 0.29) is 16.1 Å². The summed E-state index contributed by atoms with van der Waals surface area (Å²) in [5.74, 6) is 0.750. The lowest BCUT2D eigenvalue weighted by Gasteiger charge is -2.15. The van der Waals surface area contributed by atoms with Crippen molar-refractivity contribution >= 4 is 27.3 Å². The van der Waals surface area contributed by atoms with Crippen LogP contribution in [0.15, 0.2) is 65.6 Å². The molecule has 0 saturated carbocycles. The normalized spacial score (nSPS) is 10.9. The number of ether oxygens (including phenoxy) is 3. The van der Waals surface area contributed by atoms with Crippen LogP contribution in [0.2, 0.25) is 0 Å². The molecule has 0 aliphatic carbocycles. The van der Waals surface area contributed by atoms with Crippen molar-refractivity contribution in [1.29, 1.82) is 0 Å². The van der Waals surface area contributed by atoms with Crippen LogP contribution in [-0.4, -0.2) is 35.7 Å². The van der Waals surface area contributed by atoms with E-state index in [1.807, 2.05) is 6.92 Å². The largest absolute Gasteiger partial charge is 0.493 e. The summed E-state index contributed by atoms with van der Waals surface area (Å²) in [6, 6.07) is 15.9. The third-order valence-corrected chi connectivity index (χ3v) is 6.03. The Balaban J connectivity index is 1.82. The third kappa shape index (κ3) is 5.12. The summed E-state index contributed by atoms with van der Waals surface area (Å²) in [5.41, 5.74) is 1.91. The summed E-state index contributed by atoms with van der Waals surface area (Å²) < 4.78 is 43.6. The van der Waals surface area contributed by atoms with E-state index >= 15 is 0 Å². The average molecular weight is 457 g/mol. The maximum Gasteiger partial charge on any atom is 0.261 e. The number of benzene rings is 3. The van der Waals surface area contributed by atoms with Crippen molar-refractivity contribution in [2.75, 3.05) is 31.4 Å². The summed E-state index contributed by atoms with van der Waals surface area (Å²) >= 11 is 0. The number of sulfonamides is 1. The van der Waals surface area contributed by atoms with Gasteiger partial charge >= 0.3 is 0 Å². The third-order valence-electron chi connectivity index (χ3n) is 4.63. The quantitative estimate of drug-likeness (QED) is 0.530. The minimum atomic E-state index is -3.79. The molecule has 0 bridgehead atoms. The van der Waals surface area contributed by atoms with Gasteiger partial charge in [0.1, 0.15) is 0 Å². The van der Waals surface area contributed by atoms with Gasteiger partial charge in [-0.3, -0.25) is 9.52 Å². The summed E-state index contributed by atoms with van der Waals surface area (Å²) in [6.07, 6.45) is 0. The summed E-state index contributed by atoms with van der Waals surface area (Å²) in [4.78, 5) is 12.9. The van der Waals surface area contributed by atoms with E-state index in [4.69, 9.17) is 14.2 Å². The highest BCUT2D eigenvalue weighted by Crippen LogP contribution is 2.40. The minimum absolute atomic E-state index is 0.135. The van der Waals surface area contributed by atoms with Gasteiger partial charge in [0.05, 0.1) is 26.2 Å². The Hall–Kier alpha value is -3.72. The topological polar surface area (TPSA) is 103 Å². The molecule has 8 nitrogen and oxygen atoms in total. The number of aryl methyl sites for hydroxylation is 1. The zero-order valence-corrected chi connectivity index (χ0v) is 18.9. The highest BCUT2D eigenvalue weighted by Gasteiger charge is 2.17. The fourth-order valence-electron chi connectivity index (χ4n) is 3.01. The molecule has 0 spiro atoms. The van der Waals surface area contributed by atoms with Gasteiger partial charge in [0.15, 0.2) is 11.5 Å². The first-order valence-electron chi connectivity index (χ1n) is 9.58. The van der Waals surface area contributed by atoms with Crippen LogP contribution in [0, 0.1) is 6.92 Å². The Labute approximate surface area is 187 Å². The van der Waals surface area contributed by atoms with E-state index in [9.17, 15) is 13.2 Å². The van der Waals surface area contributed by atoms with Crippen LogP contribution in [0.1, 0.15) is 15.9 Å². The fourth-order valence-corrected chi connectivity index (χ4v) is 4.06. The Morgan fingerprint density at radius 2 is 1.44 bits per heavy atom. The van der Waals surface area contributed by atoms with E-state index < -0.39 is 15.9 Å².